The molecule has 0 spiro atoms. The molecule has 2 atom stereocenters. The van der Waals surface area contributed by atoms with Crippen LogP contribution in [0.25, 0.3) is 0 Å². The molecule has 1 aliphatic rings. The maximum atomic E-state index is 13.7. The van der Waals surface area contributed by atoms with Gasteiger partial charge in [0, 0.05) is 49.1 Å². The Morgan fingerprint density at radius 2 is 1.72 bits per heavy atom. The first-order chi connectivity index (χ1) is 20.6. The lowest BCUT2D eigenvalue weighted by molar-refractivity contribution is -0.142. The Hall–Kier alpha value is -4.77. The molecule has 0 fully saturated rings. The maximum Gasteiger partial charge on any atom is 0.404 e. The van der Waals surface area contributed by atoms with Gasteiger partial charge in [0.15, 0.2) is 5.78 Å². The molecule has 1 aliphatic heterocycles. The van der Waals surface area contributed by atoms with E-state index in [1.807, 2.05) is 24.3 Å². The van der Waals surface area contributed by atoms with Crippen molar-refractivity contribution in [1.29, 1.82) is 0 Å². The van der Waals surface area contributed by atoms with Gasteiger partial charge >= 0.3 is 6.09 Å². The van der Waals surface area contributed by atoms with Gasteiger partial charge < -0.3 is 26.0 Å². The van der Waals surface area contributed by atoms with Crippen LogP contribution in [0.15, 0.2) is 66.9 Å². The number of carbonyl (C=O) groups is 5. The number of pyridine rings is 1. The van der Waals surface area contributed by atoms with Crippen LogP contribution in [0.1, 0.15) is 46.3 Å². The fourth-order valence-electron chi connectivity index (χ4n) is 4.79. The number of ketones is 1. The van der Waals surface area contributed by atoms with Crippen LogP contribution in [0.5, 0.6) is 0 Å². The van der Waals surface area contributed by atoms with E-state index >= 15 is 0 Å². The summed E-state index contributed by atoms with van der Waals surface area (Å²) < 4.78 is 0. The van der Waals surface area contributed by atoms with Crippen molar-refractivity contribution >= 4 is 47.0 Å². The molecule has 2 heterocycles. The van der Waals surface area contributed by atoms with Gasteiger partial charge in [0.25, 0.3) is 0 Å². The van der Waals surface area contributed by atoms with Crippen molar-refractivity contribution in [2.45, 2.75) is 51.2 Å². The molecule has 43 heavy (non-hydrogen) atoms. The van der Waals surface area contributed by atoms with E-state index in [-0.39, 0.29) is 56.3 Å². The van der Waals surface area contributed by atoms with Crippen LogP contribution in [-0.2, 0) is 27.3 Å². The molecule has 0 radical (unpaired) electrons. The summed E-state index contributed by atoms with van der Waals surface area (Å²) in [5.41, 5.74) is 2.99. The second-order valence-corrected chi connectivity index (χ2v) is 10.6. The third-order valence-corrected chi connectivity index (χ3v) is 7.57. The van der Waals surface area contributed by atoms with Gasteiger partial charge in [-0.25, -0.2) is 9.78 Å². The summed E-state index contributed by atoms with van der Waals surface area (Å²) in [7, 11) is 0. The van der Waals surface area contributed by atoms with Crippen molar-refractivity contribution in [2.75, 3.05) is 11.9 Å². The number of hydrogen-bond donors (Lipinski definition) is 4. The number of fused-ring (bicyclic) bond motifs is 1. The smallest absolute Gasteiger partial charge is 0.404 e. The normalized spacial score (nSPS) is 14.7. The fraction of sp³-hybridized carbons (Fsp3) is 0.290. The highest BCUT2D eigenvalue weighted by Crippen LogP contribution is 2.25. The summed E-state index contributed by atoms with van der Waals surface area (Å²) in [5, 5.41) is 16.9. The van der Waals surface area contributed by atoms with Crippen molar-refractivity contribution in [3.05, 3.63) is 94.1 Å². The number of anilines is 1. The minimum absolute atomic E-state index is 0.0205. The summed E-state index contributed by atoms with van der Waals surface area (Å²) in [4.78, 5) is 69.6. The number of benzene rings is 2. The number of amides is 4. The second kappa shape index (κ2) is 14.4. The summed E-state index contributed by atoms with van der Waals surface area (Å²) >= 11 is 6.15. The van der Waals surface area contributed by atoms with Gasteiger partial charge in [-0.1, -0.05) is 66.2 Å². The quantitative estimate of drug-likeness (QED) is 0.242. The Morgan fingerprint density at radius 3 is 2.42 bits per heavy atom. The van der Waals surface area contributed by atoms with E-state index in [0.29, 0.717) is 16.1 Å². The number of aryl methyl sites for hydroxylation is 1. The van der Waals surface area contributed by atoms with E-state index < -0.39 is 30.0 Å². The number of nitrogens with one attached hydrogen (secondary N) is 3. The van der Waals surface area contributed by atoms with Crippen LogP contribution in [0.4, 0.5) is 10.6 Å². The fourth-order valence-corrected chi connectivity index (χ4v) is 4.94. The molecule has 0 unspecified atom stereocenters. The average Bonchev–Trinajstić information content (AvgIpc) is 3.00. The number of halogens is 1. The highest BCUT2D eigenvalue weighted by molar-refractivity contribution is 6.31. The molecule has 0 saturated carbocycles. The highest BCUT2D eigenvalue weighted by Gasteiger charge is 2.36. The Kier molecular flexibility index (Phi) is 10.4. The molecule has 1 aromatic heterocycles. The van der Waals surface area contributed by atoms with Gasteiger partial charge in [0.05, 0.1) is 0 Å². The summed E-state index contributed by atoms with van der Waals surface area (Å²) in [6, 6.07) is 15.5. The van der Waals surface area contributed by atoms with Crippen molar-refractivity contribution in [3.8, 4) is 0 Å². The third kappa shape index (κ3) is 8.39. The first kappa shape index (κ1) is 31.2. The SMILES string of the molecule is Cc1cnc(NC(=O)[C@H](CCNC(=O)O)NC(=O)[C@@H]2Cc3ccccc3CN2C(=O)CCC(=O)c2ccccc2)cc1Cl. The number of carboxylic acid groups (broad SMARTS) is 1. The van der Waals surface area contributed by atoms with Crippen LogP contribution in [0, 0.1) is 6.92 Å². The van der Waals surface area contributed by atoms with E-state index in [0.717, 1.165) is 11.1 Å². The Bertz CT molecular complexity index is 1520. The number of Topliss-reactive ketones (excluding diaryl/α,β-unsaturated/α-hetero) is 1. The van der Waals surface area contributed by atoms with Crippen LogP contribution >= 0.6 is 11.6 Å². The van der Waals surface area contributed by atoms with Crippen LogP contribution in [0.3, 0.4) is 0 Å². The van der Waals surface area contributed by atoms with Gasteiger partial charge in [-0.05, 0) is 36.1 Å². The minimum atomic E-state index is -1.27. The van der Waals surface area contributed by atoms with Gasteiger partial charge in [-0.15, -0.1) is 0 Å². The zero-order valence-electron chi connectivity index (χ0n) is 23.5. The zero-order chi connectivity index (χ0) is 30.9. The highest BCUT2D eigenvalue weighted by atomic mass is 35.5. The molecule has 3 aromatic rings. The lowest BCUT2D eigenvalue weighted by Crippen LogP contribution is -2.56. The van der Waals surface area contributed by atoms with E-state index in [1.54, 1.807) is 37.3 Å². The molecule has 4 rings (SSSR count). The molecule has 0 bridgehead atoms. The molecule has 4 N–H and O–H groups in total. The van der Waals surface area contributed by atoms with Gasteiger partial charge in [0.2, 0.25) is 17.7 Å². The van der Waals surface area contributed by atoms with Gasteiger partial charge in [-0.3, -0.25) is 19.2 Å². The van der Waals surface area contributed by atoms with Crippen molar-refractivity contribution in [3.63, 3.8) is 0 Å². The third-order valence-electron chi connectivity index (χ3n) is 7.16. The molecule has 224 valence electrons. The summed E-state index contributed by atoms with van der Waals surface area (Å²) in [6.07, 6.45) is 0.245. The molecule has 4 amide bonds. The van der Waals surface area contributed by atoms with Crippen molar-refractivity contribution in [1.82, 2.24) is 20.5 Å². The first-order valence-electron chi connectivity index (χ1n) is 13.8. The topological polar surface area (TPSA) is 158 Å². The van der Waals surface area contributed by atoms with Gasteiger partial charge in [0.1, 0.15) is 17.9 Å². The Balaban J connectivity index is 1.51. The standard InChI is InChI=1S/C31H32ClN5O6/c1-19-17-34-27(16-23(19)32)36-29(40)24(13-14-33-31(42)43)35-30(41)25-15-21-9-5-6-10-22(21)18-37(25)28(39)12-11-26(38)20-7-3-2-4-8-20/h2-10,16-17,24-25,33H,11-15,18H2,1H3,(H,35,41)(H,42,43)(H,34,36,40)/t24-,25-/m0/s1. The van der Waals surface area contributed by atoms with Crippen molar-refractivity contribution in [2.24, 2.45) is 0 Å². The second-order valence-electron chi connectivity index (χ2n) is 10.2. The number of hydrogen-bond acceptors (Lipinski definition) is 6. The lowest BCUT2D eigenvalue weighted by Gasteiger charge is -2.36. The van der Waals surface area contributed by atoms with Crippen molar-refractivity contribution < 1.29 is 29.1 Å². The number of carbonyl (C=O) groups excluding carboxylic acids is 4. The van der Waals surface area contributed by atoms with E-state index in [1.165, 1.54) is 17.2 Å². The Morgan fingerprint density at radius 1 is 1.02 bits per heavy atom. The van der Waals surface area contributed by atoms with E-state index in [2.05, 4.69) is 20.9 Å². The van der Waals surface area contributed by atoms with E-state index in [9.17, 15) is 24.0 Å². The molecule has 12 heteroatoms. The number of nitrogens with zero attached hydrogens (tertiary/aromatic N) is 2. The summed E-state index contributed by atoms with van der Waals surface area (Å²) in [6.45, 7) is 1.80. The Labute approximate surface area is 253 Å². The minimum Gasteiger partial charge on any atom is -0.465 e. The number of aromatic nitrogens is 1. The van der Waals surface area contributed by atoms with Crippen LogP contribution in [0.2, 0.25) is 5.02 Å². The van der Waals surface area contributed by atoms with Crippen LogP contribution in [-0.4, -0.2) is 63.2 Å². The van der Waals surface area contributed by atoms with E-state index in [4.69, 9.17) is 16.7 Å². The van der Waals surface area contributed by atoms with Crippen LogP contribution < -0.4 is 16.0 Å². The molecule has 11 nitrogen and oxygen atoms in total. The van der Waals surface area contributed by atoms with Gasteiger partial charge in [-0.2, -0.15) is 0 Å². The zero-order valence-corrected chi connectivity index (χ0v) is 24.3. The predicted molar refractivity (Wildman–Crippen MR) is 160 cm³/mol. The average molecular weight is 606 g/mol. The predicted octanol–water partition coefficient (Wildman–Crippen LogP) is 3.74. The molecule has 0 saturated heterocycles. The lowest BCUT2D eigenvalue weighted by atomic mass is 9.92. The molecule has 0 aliphatic carbocycles. The molecular weight excluding hydrogens is 574 g/mol. The number of rotatable bonds is 11. The molecular formula is C31H32ClN5O6. The largest absolute Gasteiger partial charge is 0.465 e. The first-order valence-corrected chi connectivity index (χ1v) is 14.1. The molecule has 2 aromatic carbocycles. The monoisotopic (exact) mass is 605 g/mol. The maximum absolute atomic E-state index is 13.7. The summed E-state index contributed by atoms with van der Waals surface area (Å²) in [5.74, 6) is -1.60.